The second-order valence-electron chi connectivity index (χ2n) is 8.04. The number of hydrogen-bond acceptors (Lipinski definition) is 4. The Morgan fingerprint density at radius 3 is 2.67 bits per heavy atom. The maximum absolute atomic E-state index is 13.2. The van der Waals surface area contributed by atoms with Crippen molar-refractivity contribution in [1.82, 2.24) is 9.62 Å². The largest absolute Gasteiger partial charge is 0.495 e. The minimum absolute atomic E-state index is 0.0783. The maximum Gasteiger partial charge on any atom is 0.246 e. The molecule has 1 amide bonds. The molecule has 1 aliphatic rings. The normalized spacial score (nSPS) is 16.4. The Morgan fingerprint density at radius 2 is 1.97 bits per heavy atom. The van der Waals surface area contributed by atoms with Gasteiger partial charge in [0.05, 0.1) is 19.7 Å². The molecule has 30 heavy (non-hydrogen) atoms. The van der Waals surface area contributed by atoms with Crippen molar-refractivity contribution in [3.8, 4) is 5.75 Å². The number of nitrogens with one attached hydrogen (secondary N) is 1. The lowest BCUT2D eigenvalue weighted by Crippen LogP contribution is -2.40. The summed E-state index contributed by atoms with van der Waals surface area (Å²) in [5, 5.41) is 3.01. The van der Waals surface area contributed by atoms with Crippen LogP contribution >= 0.6 is 0 Å². The summed E-state index contributed by atoms with van der Waals surface area (Å²) in [5.74, 6) is 0.124. The molecule has 0 radical (unpaired) electrons. The van der Waals surface area contributed by atoms with Crippen molar-refractivity contribution >= 4 is 15.9 Å². The summed E-state index contributed by atoms with van der Waals surface area (Å²) in [6.45, 7) is 3.74. The Kier molecular flexibility index (Phi) is 6.83. The van der Waals surface area contributed by atoms with E-state index in [0.717, 1.165) is 34.7 Å². The van der Waals surface area contributed by atoms with Crippen LogP contribution in [0.4, 0.5) is 0 Å². The van der Waals surface area contributed by atoms with Crippen molar-refractivity contribution in [3.05, 3.63) is 59.2 Å². The van der Waals surface area contributed by atoms with Crippen LogP contribution in [0.1, 0.15) is 55.3 Å². The van der Waals surface area contributed by atoms with Gasteiger partial charge in [-0.3, -0.25) is 4.79 Å². The minimum atomic E-state index is -3.89. The van der Waals surface area contributed by atoms with E-state index in [1.54, 1.807) is 12.1 Å². The molecular formula is C23H30N2O4S. The quantitative estimate of drug-likeness (QED) is 0.728. The average Bonchev–Trinajstić information content (AvgIpc) is 2.73. The zero-order chi connectivity index (χ0) is 21.9. The maximum atomic E-state index is 13.2. The zero-order valence-electron chi connectivity index (χ0n) is 18.0. The fraction of sp³-hybridized carbons (Fsp3) is 0.435. The number of carbonyl (C=O) groups excluding carboxylic acids is 1. The lowest BCUT2D eigenvalue weighted by Gasteiger charge is -2.27. The molecule has 162 valence electrons. The fourth-order valence-corrected chi connectivity index (χ4v) is 5.17. The molecule has 2 aromatic carbocycles. The Balaban J connectivity index is 1.76. The van der Waals surface area contributed by atoms with Crippen LogP contribution in [0.25, 0.3) is 0 Å². The summed E-state index contributed by atoms with van der Waals surface area (Å²) in [4.78, 5) is 12.8. The molecule has 0 aliphatic heterocycles. The van der Waals surface area contributed by atoms with E-state index in [0.29, 0.717) is 0 Å². The molecule has 0 spiro atoms. The summed E-state index contributed by atoms with van der Waals surface area (Å²) in [7, 11) is -1.02. The molecule has 7 heteroatoms. The first kappa shape index (κ1) is 22.3. The van der Waals surface area contributed by atoms with Crippen molar-refractivity contribution in [2.75, 3.05) is 20.7 Å². The topological polar surface area (TPSA) is 75.7 Å². The first-order valence-corrected chi connectivity index (χ1v) is 11.7. The van der Waals surface area contributed by atoms with Gasteiger partial charge in [-0.2, -0.15) is 4.31 Å². The highest BCUT2D eigenvalue weighted by Gasteiger charge is 2.28. The standard InChI is InChI=1S/C23H30N2O4S/c1-16(2)18-12-13-21(29-4)22(14-18)30(27,28)25(3)15-23(26)24-20-11-7-9-17-8-5-6-10-19(17)20/h5-6,8,10,12-14,16,20H,7,9,11,15H2,1-4H3,(H,24,26). The summed E-state index contributed by atoms with van der Waals surface area (Å²) in [6.07, 6.45) is 2.85. The van der Waals surface area contributed by atoms with E-state index in [4.69, 9.17) is 4.74 Å². The fourth-order valence-electron chi connectivity index (χ4n) is 3.85. The van der Waals surface area contributed by atoms with Crippen LogP contribution in [0.15, 0.2) is 47.4 Å². The van der Waals surface area contributed by atoms with Crippen molar-refractivity contribution in [1.29, 1.82) is 0 Å². The zero-order valence-corrected chi connectivity index (χ0v) is 18.8. The van der Waals surface area contributed by atoms with Gasteiger partial charge in [0.15, 0.2) is 0 Å². The Morgan fingerprint density at radius 1 is 1.23 bits per heavy atom. The van der Waals surface area contributed by atoms with Crippen LogP contribution in [0.5, 0.6) is 5.75 Å². The number of amides is 1. The first-order valence-electron chi connectivity index (χ1n) is 10.3. The van der Waals surface area contributed by atoms with Gasteiger partial charge in [0.2, 0.25) is 15.9 Å². The first-order chi connectivity index (χ1) is 14.2. The third kappa shape index (κ3) is 4.68. The van der Waals surface area contributed by atoms with Crippen LogP contribution in [-0.2, 0) is 21.2 Å². The van der Waals surface area contributed by atoms with Gasteiger partial charge in [-0.1, -0.05) is 44.2 Å². The van der Waals surface area contributed by atoms with Gasteiger partial charge in [0.25, 0.3) is 0 Å². The number of hydrogen-bond donors (Lipinski definition) is 1. The lowest BCUT2D eigenvalue weighted by molar-refractivity contribution is -0.122. The number of fused-ring (bicyclic) bond motifs is 1. The molecule has 1 aliphatic carbocycles. The Hall–Kier alpha value is -2.38. The van der Waals surface area contributed by atoms with Crippen molar-refractivity contribution < 1.29 is 17.9 Å². The number of sulfonamides is 1. The molecule has 1 N–H and O–H groups in total. The smallest absolute Gasteiger partial charge is 0.246 e. The Labute approximate surface area is 179 Å². The number of methoxy groups -OCH3 is 1. The van der Waals surface area contributed by atoms with Crippen LogP contribution in [0.3, 0.4) is 0 Å². The molecule has 0 saturated carbocycles. The van der Waals surface area contributed by atoms with Crippen LogP contribution < -0.4 is 10.1 Å². The van der Waals surface area contributed by atoms with Crippen molar-refractivity contribution in [2.24, 2.45) is 0 Å². The van der Waals surface area contributed by atoms with Gasteiger partial charge in [-0.15, -0.1) is 0 Å². The highest BCUT2D eigenvalue weighted by atomic mass is 32.2. The third-order valence-corrected chi connectivity index (χ3v) is 7.44. The lowest BCUT2D eigenvalue weighted by atomic mass is 9.88. The molecule has 0 heterocycles. The van der Waals surface area contributed by atoms with Gasteiger partial charge in [0, 0.05) is 7.05 Å². The molecule has 0 fully saturated rings. The van der Waals surface area contributed by atoms with E-state index in [1.165, 1.54) is 19.7 Å². The number of rotatable bonds is 7. The molecule has 3 rings (SSSR count). The highest BCUT2D eigenvalue weighted by molar-refractivity contribution is 7.89. The molecule has 0 aromatic heterocycles. The van der Waals surface area contributed by atoms with Gasteiger partial charge in [-0.05, 0) is 54.0 Å². The molecule has 2 aromatic rings. The predicted octanol–water partition coefficient (Wildman–Crippen LogP) is 3.63. The van der Waals surface area contributed by atoms with Gasteiger partial charge in [0.1, 0.15) is 10.6 Å². The van der Waals surface area contributed by atoms with Crippen molar-refractivity contribution in [3.63, 3.8) is 0 Å². The summed E-state index contributed by atoms with van der Waals surface area (Å²) >= 11 is 0. The molecule has 0 bridgehead atoms. The summed E-state index contributed by atoms with van der Waals surface area (Å²) < 4.78 is 32.7. The molecule has 0 saturated heterocycles. The van der Waals surface area contributed by atoms with Crippen LogP contribution in [0.2, 0.25) is 0 Å². The van der Waals surface area contributed by atoms with E-state index >= 15 is 0 Å². The van der Waals surface area contributed by atoms with Crippen LogP contribution in [-0.4, -0.2) is 39.3 Å². The second-order valence-corrected chi connectivity index (χ2v) is 10.1. The monoisotopic (exact) mass is 430 g/mol. The van der Waals surface area contributed by atoms with Gasteiger partial charge < -0.3 is 10.1 Å². The van der Waals surface area contributed by atoms with E-state index in [2.05, 4.69) is 11.4 Å². The van der Waals surface area contributed by atoms with Crippen molar-refractivity contribution in [2.45, 2.75) is 50.0 Å². The molecule has 1 atom stereocenters. The number of likely N-dealkylation sites (N-methyl/N-ethyl adjacent to an activating group) is 1. The number of nitrogens with zero attached hydrogens (tertiary/aromatic N) is 1. The molecule has 6 nitrogen and oxygen atoms in total. The van der Waals surface area contributed by atoms with Gasteiger partial charge >= 0.3 is 0 Å². The Bertz CT molecular complexity index is 1020. The highest BCUT2D eigenvalue weighted by Crippen LogP contribution is 2.31. The average molecular weight is 431 g/mol. The number of benzene rings is 2. The molecular weight excluding hydrogens is 400 g/mol. The van der Waals surface area contributed by atoms with E-state index in [1.807, 2.05) is 38.1 Å². The SMILES string of the molecule is COc1ccc(C(C)C)cc1S(=O)(=O)N(C)CC(=O)NC1CCCc2ccccc21. The predicted molar refractivity (Wildman–Crippen MR) is 117 cm³/mol. The summed E-state index contributed by atoms with van der Waals surface area (Å²) in [6, 6.07) is 13.1. The summed E-state index contributed by atoms with van der Waals surface area (Å²) in [5.41, 5.74) is 3.25. The number of aryl methyl sites for hydroxylation is 1. The molecule has 1 unspecified atom stereocenters. The number of carbonyl (C=O) groups is 1. The van der Waals surface area contributed by atoms with Gasteiger partial charge in [-0.25, -0.2) is 8.42 Å². The van der Waals surface area contributed by atoms with E-state index in [9.17, 15) is 13.2 Å². The van der Waals surface area contributed by atoms with E-state index < -0.39 is 10.0 Å². The number of ether oxygens (including phenoxy) is 1. The third-order valence-electron chi connectivity index (χ3n) is 5.61. The van der Waals surface area contributed by atoms with Crippen LogP contribution in [0, 0.1) is 0 Å². The minimum Gasteiger partial charge on any atom is -0.495 e. The van der Waals surface area contributed by atoms with E-state index in [-0.39, 0.29) is 35.1 Å². The second kappa shape index (κ2) is 9.18.